The number of amides is 2. The lowest BCUT2D eigenvalue weighted by molar-refractivity contribution is -0.189. The predicted octanol–water partition coefficient (Wildman–Crippen LogP) is 2.16. The van der Waals surface area contributed by atoms with Gasteiger partial charge in [-0.2, -0.15) is 0 Å². The number of rotatable bonds is 5. The lowest BCUT2D eigenvalue weighted by atomic mass is 9.83. The van der Waals surface area contributed by atoms with Gasteiger partial charge >= 0.3 is 0 Å². The van der Waals surface area contributed by atoms with E-state index in [0.29, 0.717) is 13.0 Å². The lowest BCUT2D eigenvalue weighted by Crippen LogP contribution is -2.47. The van der Waals surface area contributed by atoms with Crippen LogP contribution in [0.3, 0.4) is 0 Å². The minimum absolute atomic E-state index is 0.0152. The van der Waals surface area contributed by atoms with E-state index in [1.54, 1.807) is 0 Å². The maximum Gasteiger partial charge on any atom is 0.271 e. The van der Waals surface area contributed by atoms with Crippen LogP contribution in [0.5, 0.6) is 11.5 Å². The molecular formula is C23H25ClN2O9. The largest absolute Gasteiger partial charge is 0.507 e. The van der Waals surface area contributed by atoms with Crippen molar-refractivity contribution < 1.29 is 43.2 Å². The van der Waals surface area contributed by atoms with Crippen LogP contribution in [0, 0.1) is 0 Å². The SMILES string of the molecule is COc1cc(C(=O)NNC(=O)C(C)OC2CCCCO2)c(Cl)c2c1C(=O)[C@@]1(CCC(=O)C=C1O)O2. The van der Waals surface area contributed by atoms with Crippen LogP contribution in [-0.4, -0.2) is 60.2 Å². The van der Waals surface area contributed by atoms with Crippen molar-refractivity contribution in [1.82, 2.24) is 10.9 Å². The molecule has 2 amide bonds. The number of allylic oxidation sites excluding steroid dienone is 1. The van der Waals surface area contributed by atoms with E-state index in [2.05, 4.69) is 10.9 Å². The zero-order valence-corrected chi connectivity index (χ0v) is 19.9. The Morgan fingerprint density at radius 2 is 2.06 bits per heavy atom. The zero-order valence-electron chi connectivity index (χ0n) is 19.1. The molecule has 2 aliphatic heterocycles. The van der Waals surface area contributed by atoms with Crippen molar-refractivity contribution >= 4 is 35.0 Å². The van der Waals surface area contributed by atoms with E-state index in [9.17, 15) is 24.3 Å². The number of aliphatic hydroxyl groups is 1. The second-order valence-electron chi connectivity index (χ2n) is 8.42. The van der Waals surface area contributed by atoms with E-state index in [4.69, 9.17) is 30.5 Å². The molecule has 3 N–H and O–H groups in total. The normalized spacial score (nSPS) is 24.3. The second kappa shape index (κ2) is 9.84. The second-order valence-corrected chi connectivity index (χ2v) is 8.79. The van der Waals surface area contributed by atoms with Crippen LogP contribution >= 0.6 is 11.6 Å². The predicted molar refractivity (Wildman–Crippen MR) is 120 cm³/mol. The number of nitrogens with one attached hydrogen (secondary N) is 2. The first-order valence-corrected chi connectivity index (χ1v) is 11.5. The smallest absolute Gasteiger partial charge is 0.271 e. The van der Waals surface area contributed by atoms with Gasteiger partial charge < -0.3 is 24.1 Å². The molecule has 1 saturated heterocycles. The Hall–Kier alpha value is -3.15. The molecule has 1 fully saturated rings. The van der Waals surface area contributed by atoms with Gasteiger partial charge in [0, 0.05) is 25.5 Å². The van der Waals surface area contributed by atoms with Gasteiger partial charge in [0.05, 0.1) is 17.7 Å². The van der Waals surface area contributed by atoms with Gasteiger partial charge in [-0.15, -0.1) is 0 Å². The number of ketones is 2. The first kappa shape index (κ1) is 25.0. The van der Waals surface area contributed by atoms with Crippen molar-refractivity contribution in [3.05, 3.63) is 34.1 Å². The summed E-state index contributed by atoms with van der Waals surface area (Å²) in [6.07, 6.45) is 1.99. The fourth-order valence-electron chi connectivity index (χ4n) is 4.17. The number of aliphatic hydroxyl groups excluding tert-OH is 1. The van der Waals surface area contributed by atoms with Gasteiger partial charge in [-0.05, 0) is 32.3 Å². The minimum Gasteiger partial charge on any atom is -0.507 e. The molecule has 2 heterocycles. The minimum atomic E-state index is -1.82. The Balaban J connectivity index is 1.51. The topological polar surface area (TPSA) is 149 Å². The van der Waals surface area contributed by atoms with Crippen LogP contribution in [0.15, 0.2) is 17.9 Å². The molecule has 11 nitrogen and oxygen atoms in total. The fourth-order valence-corrected chi connectivity index (χ4v) is 4.44. The van der Waals surface area contributed by atoms with Gasteiger partial charge in [0.25, 0.3) is 11.8 Å². The Morgan fingerprint density at radius 1 is 1.29 bits per heavy atom. The highest BCUT2D eigenvalue weighted by molar-refractivity contribution is 6.37. The summed E-state index contributed by atoms with van der Waals surface area (Å²) < 4.78 is 22.1. The zero-order chi connectivity index (χ0) is 25.3. The molecule has 2 unspecified atom stereocenters. The van der Waals surface area contributed by atoms with Crippen LogP contribution in [0.4, 0.5) is 0 Å². The molecule has 1 aromatic carbocycles. The Kier molecular flexibility index (Phi) is 7.02. The Morgan fingerprint density at radius 3 is 2.71 bits per heavy atom. The molecule has 188 valence electrons. The van der Waals surface area contributed by atoms with E-state index in [1.165, 1.54) is 20.1 Å². The van der Waals surface area contributed by atoms with E-state index in [0.717, 1.165) is 18.9 Å². The van der Waals surface area contributed by atoms with E-state index >= 15 is 0 Å². The Labute approximate surface area is 205 Å². The molecule has 3 atom stereocenters. The average Bonchev–Trinajstić information content (AvgIpc) is 3.15. The monoisotopic (exact) mass is 508 g/mol. The van der Waals surface area contributed by atoms with Gasteiger partial charge in [0.1, 0.15) is 23.2 Å². The van der Waals surface area contributed by atoms with E-state index in [1.807, 2.05) is 0 Å². The molecule has 1 spiro atoms. The van der Waals surface area contributed by atoms with Crippen LogP contribution in [-0.2, 0) is 19.1 Å². The summed E-state index contributed by atoms with van der Waals surface area (Å²) in [5.74, 6) is -3.11. The molecular weight excluding hydrogens is 484 g/mol. The first-order valence-electron chi connectivity index (χ1n) is 11.1. The molecule has 35 heavy (non-hydrogen) atoms. The standard InChI is InChI=1S/C23H25ClN2O9/c1-11(34-16-5-3-4-8-33-16)21(30)25-26-22(31)13-10-14(32-2)17-19(18(13)24)35-23(20(17)29)7-6-12(27)9-15(23)28/h9-11,16,28H,3-8H2,1-2H3,(H,25,30)(H,26,31)/t11?,16?,23-/m0/s1. The molecule has 0 aromatic heterocycles. The molecule has 0 bridgehead atoms. The number of halogens is 1. The van der Waals surface area contributed by atoms with Gasteiger partial charge in [0.15, 0.2) is 17.8 Å². The summed E-state index contributed by atoms with van der Waals surface area (Å²) in [5.41, 5.74) is 2.50. The third-order valence-corrected chi connectivity index (χ3v) is 6.49. The average molecular weight is 509 g/mol. The van der Waals surface area contributed by atoms with Crippen molar-refractivity contribution in [3.8, 4) is 11.5 Å². The van der Waals surface area contributed by atoms with Gasteiger partial charge in [-0.1, -0.05) is 11.6 Å². The number of carbonyl (C=O) groups is 4. The number of fused-ring (bicyclic) bond motifs is 1. The summed E-state index contributed by atoms with van der Waals surface area (Å²) in [6.45, 7) is 2.09. The molecule has 12 heteroatoms. The maximum atomic E-state index is 13.2. The summed E-state index contributed by atoms with van der Waals surface area (Å²) in [4.78, 5) is 50.0. The summed E-state index contributed by atoms with van der Waals surface area (Å²) in [6, 6.07) is 1.23. The van der Waals surface area contributed by atoms with Gasteiger partial charge in [0.2, 0.25) is 11.4 Å². The highest BCUT2D eigenvalue weighted by Gasteiger charge is 2.55. The van der Waals surface area contributed by atoms with Crippen LogP contribution in [0.2, 0.25) is 5.02 Å². The van der Waals surface area contributed by atoms with Crippen LogP contribution in [0.1, 0.15) is 59.7 Å². The first-order chi connectivity index (χ1) is 16.7. The number of hydrogen-bond acceptors (Lipinski definition) is 9. The van der Waals surface area contributed by atoms with Crippen molar-refractivity contribution in [1.29, 1.82) is 0 Å². The Bertz CT molecular complexity index is 1110. The van der Waals surface area contributed by atoms with Gasteiger partial charge in [-0.25, -0.2) is 0 Å². The number of carbonyl (C=O) groups excluding carboxylic acids is 4. The molecule has 1 aromatic rings. The molecule has 0 saturated carbocycles. The third kappa shape index (κ3) is 4.58. The van der Waals surface area contributed by atoms with Crippen LogP contribution < -0.4 is 20.3 Å². The molecule has 3 aliphatic rings. The summed E-state index contributed by atoms with van der Waals surface area (Å²) >= 11 is 6.41. The van der Waals surface area contributed by atoms with E-state index < -0.39 is 41.4 Å². The molecule has 4 rings (SSSR count). The lowest BCUT2D eigenvalue weighted by Gasteiger charge is -2.28. The van der Waals surface area contributed by atoms with Crippen LogP contribution in [0.25, 0.3) is 0 Å². The molecule has 0 radical (unpaired) electrons. The highest BCUT2D eigenvalue weighted by Crippen LogP contribution is 2.50. The molecule has 1 aliphatic carbocycles. The number of ether oxygens (including phenoxy) is 4. The summed E-state index contributed by atoms with van der Waals surface area (Å²) in [7, 11) is 1.29. The van der Waals surface area contributed by atoms with Crippen molar-refractivity contribution in [2.75, 3.05) is 13.7 Å². The van der Waals surface area contributed by atoms with Crippen molar-refractivity contribution in [2.24, 2.45) is 0 Å². The van der Waals surface area contributed by atoms with Gasteiger partial charge in [-0.3, -0.25) is 30.0 Å². The number of hydrazine groups is 1. The quantitative estimate of drug-likeness (QED) is 0.508. The van der Waals surface area contributed by atoms with Crippen molar-refractivity contribution in [3.63, 3.8) is 0 Å². The maximum absolute atomic E-state index is 13.2. The summed E-state index contributed by atoms with van der Waals surface area (Å²) in [5, 5.41) is 10.2. The number of benzene rings is 1. The van der Waals surface area contributed by atoms with E-state index in [-0.39, 0.29) is 46.3 Å². The number of hydrogen-bond donors (Lipinski definition) is 3. The van der Waals surface area contributed by atoms with Crippen molar-refractivity contribution in [2.45, 2.75) is 57.0 Å². The third-order valence-electron chi connectivity index (χ3n) is 6.12. The number of methoxy groups -OCH3 is 1. The fraction of sp³-hybridized carbons (Fsp3) is 0.478. The highest BCUT2D eigenvalue weighted by atomic mass is 35.5. The number of Topliss-reactive ketones (excluding diaryl/α,β-unsaturated/α-hetero) is 1.